The molecule has 1 aromatic carbocycles. The van der Waals surface area contributed by atoms with Crippen LogP contribution in [0.15, 0.2) is 18.2 Å². The van der Waals surface area contributed by atoms with Gasteiger partial charge in [-0.2, -0.15) is 0 Å². The van der Waals surface area contributed by atoms with Gasteiger partial charge < -0.3 is 10.1 Å². The Morgan fingerprint density at radius 3 is 2.76 bits per heavy atom. The normalized spacial score (nSPS) is 12.0. The summed E-state index contributed by atoms with van der Waals surface area (Å²) in [4.78, 5) is 11.6. The molecule has 1 aromatic rings. The third-order valence-corrected chi connectivity index (χ3v) is 2.43. The maximum atomic E-state index is 13.5. The zero-order valence-electron chi connectivity index (χ0n) is 10.4. The zero-order valence-corrected chi connectivity index (χ0v) is 10.4. The van der Waals surface area contributed by atoms with Crippen LogP contribution in [0.2, 0.25) is 0 Å². The van der Waals surface area contributed by atoms with Crippen molar-refractivity contribution in [2.24, 2.45) is 0 Å². The third kappa shape index (κ3) is 3.73. The number of aryl methyl sites for hydroxylation is 1. The molecule has 0 fully saturated rings. The fourth-order valence-corrected chi connectivity index (χ4v) is 1.51. The smallest absolute Gasteiger partial charge is 0.328 e. The molecule has 94 valence electrons. The van der Waals surface area contributed by atoms with E-state index in [0.717, 1.165) is 5.56 Å². The van der Waals surface area contributed by atoms with E-state index in [0.29, 0.717) is 18.7 Å². The lowest BCUT2D eigenvalue weighted by Crippen LogP contribution is -2.31. The van der Waals surface area contributed by atoms with E-state index >= 15 is 0 Å². The number of rotatable bonds is 5. The van der Waals surface area contributed by atoms with Crippen LogP contribution in [0.1, 0.15) is 25.8 Å². The summed E-state index contributed by atoms with van der Waals surface area (Å²) < 4.78 is 18.4. The SMILES string of the molecule is CCOC(=O)C(CC)Nc1cc(C)ccc1F. The molecule has 3 nitrogen and oxygen atoms in total. The minimum Gasteiger partial charge on any atom is -0.464 e. The van der Waals surface area contributed by atoms with Crippen LogP contribution < -0.4 is 5.32 Å². The van der Waals surface area contributed by atoms with Gasteiger partial charge in [-0.05, 0) is 38.0 Å². The first-order valence-corrected chi connectivity index (χ1v) is 5.77. The van der Waals surface area contributed by atoms with Gasteiger partial charge in [0.15, 0.2) is 0 Å². The van der Waals surface area contributed by atoms with Crippen molar-refractivity contribution in [3.8, 4) is 0 Å². The van der Waals surface area contributed by atoms with Gasteiger partial charge in [-0.15, -0.1) is 0 Å². The first-order chi connectivity index (χ1) is 8.08. The van der Waals surface area contributed by atoms with Crippen molar-refractivity contribution in [2.75, 3.05) is 11.9 Å². The monoisotopic (exact) mass is 239 g/mol. The molecule has 1 unspecified atom stereocenters. The summed E-state index contributed by atoms with van der Waals surface area (Å²) >= 11 is 0. The van der Waals surface area contributed by atoms with E-state index in [4.69, 9.17) is 4.74 Å². The topological polar surface area (TPSA) is 38.3 Å². The zero-order chi connectivity index (χ0) is 12.8. The van der Waals surface area contributed by atoms with Crippen LogP contribution in [0.4, 0.5) is 10.1 Å². The standard InChI is InChI=1S/C13H18FNO2/c1-4-11(13(16)17-5-2)15-12-8-9(3)6-7-10(12)14/h6-8,11,15H,4-5H2,1-3H3. The number of nitrogens with one attached hydrogen (secondary N) is 1. The van der Waals surface area contributed by atoms with Crippen molar-refractivity contribution in [2.45, 2.75) is 33.2 Å². The molecule has 0 amide bonds. The van der Waals surface area contributed by atoms with Crippen LogP contribution in [-0.4, -0.2) is 18.6 Å². The Kier molecular flexibility index (Phi) is 4.94. The predicted octanol–water partition coefficient (Wildman–Crippen LogP) is 2.89. The quantitative estimate of drug-likeness (QED) is 0.803. The van der Waals surface area contributed by atoms with E-state index < -0.39 is 6.04 Å². The Balaban J connectivity index is 2.80. The second-order valence-corrected chi connectivity index (χ2v) is 3.84. The Bertz CT molecular complexity index is 393. The highest BCUT2D eigenvalue weighted by atomic mass is 19.1. The maximum Gasteiger partial charge on any atom is 0.328 e. The molecule has 0 heterocycles. The average molecular weight is 239 g/mol. The predicted molar refractivity (Wildman–Crippen MR) is 65.5 cm³/mol. The summed E-state index contributed by atoms with van der Waals surface area (Å²) in [5.41, 5.74) is 1.28. The molecule has 0 spiro atoms. The number of hydrogen-bond donors (Lipinski definition) is 1. The minimum atomic E-state index is -0.508. The van der Waals surface area contributed by atoms with Gasteiger partial charge in [0.1, 0.15) is 11.9 Å². The van der Waals surface area contributed by atoms with Gasteiger partial charge in [0.05, 0.1) is 12.3 Å². The Hall–Kier alpha value is -1.58. The van der Waals surface area contributed by atoms with Gasteiger partial charge in [0.2, 0.25) is 0 Å². The number of halogens is 1. The number of carbonyl (C=O) groups is 1. The van der Waals surface area contributed by atoms with E-state index in [-0.39, 0.29) is 11.8 Å². The minimum absolute atomic E-state index is 0.327. The van der Waals surface area contributed by atoms with E-state index in [2.05, 4.69) is 5.32 Å². The molecule has 4 heteroatoms. The Morgan fingerprint density at radius 2 is 2.18 bits per heavy atom. The molecule has 0 aliphatic rings. The molecule has 0 bridgehead atoms. The first-order valence-electron chi connectivity index (χ1n) is 5.77. The highest BCUT2D eigenvalue weighted by molar-refractivity contribution is 5.79. The van der Waals surface area contributed by atoms with Crippen molar-refractivity contribution >= 4 is 11.7 Å². The first kappa shape index (κ1) is 13.5. The summed E-state index contributed by atoms with van der Waals surface area (Å²) in [5, 5.41) is 2.87. The molecular weight excluding hydrogens is 221 g/mol. The van der Waals surface area contributed by atoms with E-state index in [1.165, 1.54) is 6.07 Å². The summed E-state index contributed by atoms with van der Waals surface area (Å²) in [6, 6.07) is 4.24. The molecule has 0 aliphatic carbocycles. The Morgan fingerprint density at radius 1 is 1.47 bits per heavy atom. The van der Waals surface area contributed by atoms with Gasteiger partial charge in [-0.25, -0.2) is 9.18 Å². The average Bonchev–Trinajstić information content (AvgIpc) is 2.30. The van der Waals surface area contributed by atoms with Crippen molar-refractivity contribution in [3.05, 3.63) is 29.6 Å². The molecule has 17 heavy (non-hydrogen) atoms. The summed E-state index contributed by atoms with van der Waals surface area (Å²) in [7, 11) is 0. The van der Waals surface area contributed by atoms with Crippen LogP contribution in [-0.2, 0) is 9.53 Å². The lowest BCUT2D eigenvalue weighted by atomic mass is 10.1. The van der Waals surface area contributed by atoms with Crippen LogP contribution in [0.3, 0.4) is 0 Å². The second-order valence-electron chi connectivity index (χ2n) is 3.84. The molecule has 0 aliphatic heterocycles. The van der Waals surface area contributed by atoms with E-state index in [9.17, 15) is 9.18 Å². The van der Waals surface area contributed by atoms with Crippen molar-refractivity contribution < 1.29 is 13.9 Å². The lowest BCUT2D eigenvalue weighted by Gasteiger charge is -2.17. The second kappa shape index (κ2) is 6.23. The Labute approximate surface area is 101 Å². The highest BCUT2D eigenvalue weighted by Gasteiger charge is 2.18. The third-order valence-electron chi connectivity index (χ3n) is 2.43. The molecule has 1 N–H and O–H groups in total. The van der Waals surface area contributed by atoms with Gasteiger partial charge in [0.25, 0.3) is 0 Å². The summed E-state index contributed by atoms with van der Waals surface area (Å²) in [6.07, 6.45) is 0.548. The van der Waals surface area contributed by atoms with Crippen LogP contribution in [0.25, 0.3) is 0 Å². The van der Waals surface area contributed by atoms with Crippen molar-refractivity contribution in [1.29, 1.82) is 0 Å². The number of benzene rings is 1. The molecule has 0 aromatic heterocycles. The van der Waals surface area contributed by atoms with Gasteiger partial charge in [-0.1, -0.05) is 13.0 Å². The fraction of sp³-hybridized carbons (Fsp3) is 0.462. The molecule has 0 radical (unpaired) electrons. The van der Waals surface area contributed by atoms with Gasteiger partial charge in [0, 0.05) is 0 Å². The lowest BCUT2D eigenvalue weighted by molar-refractivity contribution is -0.144. The van der Waals surface area contributed by atoms with Crippen LogP contribution >= 0.6 is 0 Å². The van der Waals surface area contributed by atoms with E-state index in [1.54, 1.807) is 19.1 Å². The number of ether oxygens (including phenoxy) is 1. The molecule has 0 saturated carbocycles. The number of hydrogen-bond acceptors (Lipinski definition) is 3. The van der Waals surface area contributed by atoms with Crippen molar-refractivity contribution in [1.82, 2.24) is 0 Å². The maximum absolute atomic E-state index is 13.5. The molecule has 0 saturated heterocycles. The largest absolute Gasteiger partial charge is 0.464 e. The fourth-order valence-electron chi connectivity index (χ4n) is 1.51. The number of esters is 1. The van der Waals surface area contributed by atoms with Gasteiger partial charge >= 0.3 is 5.97 Å². The van der Waals surface area contributed by atoms with Crippen LogP contribution in [0, 0.1) is 12.7 Å². The molecular formula is C13H18FNO2. The van der Waals surface area contributed by atoms with Crippen molar-refractivity contribution in [3.63, 3.8) is 0 Å². The van der Waals surface area contributed by atoms with Gasteiger partial charge in [-0.3, -0.25) is 0 Å². The number of anilines is 1. The summed E-state index contributed by atoms with van der Waals surface area (Å²) in [6.45, 7) is 5.80. The molecule has 1 rings (SSSR count). The highest BCUT2D eigenvalue weighted by Crippen LogP contribution is 2.17. The summed E-state index contributed by atoms with van der Waals surface area (Å²) in [5.74, 6) is -0.714. The number of carbonyl (C=O) groups excluding carboxylic acids is 1. The van der Waals surface area contributed by atoms with Crippen LogP contribution in [0.5, 0.6) is 0 Å². The molecule has 1 atom stereocenters. The van der Waals surface area contributed by atoms with E-state index in [1.807, 2.05) is 13.8 Å².